The molecule has 1 aliphatic heterocycles. The van der Waals surface area contributed by atoms with Crippen molar-refractivity contribution in [1.29, 1.82) is 0 Å². The Labute approximate surface area is 526 Å². The summed E-state index contributed by atoms with van der Waals surface area (Å²) in [5.41, 5.74) is 0. The lowest BCUT2D eigenvalue weighted by molar-refractivity contribution is -0.302. The Bertz CT molecular complexity index is 1530. The maximum Gasteiger partial charge on any atom is 0.220 e. The van der Waals surface area contributed by atoms with E-state index in [2.05, 4.69) is 67.8 Å². The van der Waals surface area contributed by atoms with Gasteiger partial charge in [-0.2, -0.15) is 0 Å². The third kappa shape index (κ3) is 53.4. The topological polar surface area (TPSA) is 149 Å². The number of carbonyl (C=O) groups excluding carboxylic acids is 1. The summed E-state index contributed by atoms with van der Waals surface area (Å²) in [7, 11) is 0. The van der Waals surface area contributed by atoms with Crippen LogP contribution in [-0.4, -0.2) is 87.5 Å². The predicted molar refractivity (Wildman–Crippen MR) is 364 cm³/mol. The van der Waals surface area contributed by atoms with Gasteiger partial charge in [0.2, 0.25) is 5.91 Å². The molecule has 6 N–H and O–H groups in total. The number of hydrogen-bond donors (Lipinski definition) is 6. The van der Waals surface area contributed by atoms with Gasteiger partial charge in [0.05, 0.1) is 25.4 Å². The summed E-state index contributed by atoms with van der Waals surface area (Å²) in [6, 6.07) is -0.826. The molecule has 0 aromatic rings. The van der Waals surface area contributed by atoms with E-state index in [9.17, 15) is 30.3 Å². The Morgan fingerprint density at radius 3 is 1.07 bits per heavy atom. The minimum atomic E-state index is -1.58. The number of amides is 1. The first kappa shape index (κ1) is 80.9. The second-order valence-electron chi connectivity index (χ2n) is 25.7. The zero-order valence-electron chi connectivity index (χ0n) is 55.9. The summed E-state index contributed by atoms with van der Waals surface area (Å²) < 4.78 is 11.3. The van der Waals surface area contributed by atoms with Gasteiger partial charge < -0.3 is 40.3 Å². The third-order valence-electron chi connectivity index (χ3n) is 17.6. The van der Waals surface area contributed by atoms with Crippen LogP contribution in [0.15, 0.2) is 60.8 Å². The molecule has 1 heterocycles. The van der Waals surface area contributed by atoms with Gasteiger partial charge >= 0.3 is 0 Å². The fraction of sp³-hybridized carbons (Fsp3) is 0.855. The lowest BCUT2D eigenvalue weighted by Crippen LogP contribution is -2.60. The molecule has 0 aromatic heterocycles. The summed E-state index contributed by atoms with van der Waals surface area (Å²) in [5.74, 6) is -0.184. The Balaban J connectivity index is 2.13. The summed E-state index contributed by atoms with van der Waals surface area (Å²) in [5, 5.41) is 54.8. The highest BCUT2D eigenvalue weighted by molar-refractivity contribution is 5.76. The molecule has 7 unspecified atom stereocenters. The second-order valence-corrected chi connectivity index (χ2v) is 25.7. The van der Waals surface area contributed by atoms with Crippen LogP contribution in [-0.2, 0) is 14.3 Å². The maximum atomic E-state index is 13.1. The number of allylic oxidation sites excluding steroid dienone is 9. The van der Waals surface area contributed by atoms with Crippen molar-refractivity contribution in [1.82, 2.24) is 5.32 Å². The summed E-state index contributed by atoms with van der Waals surface area (Å²) in [4.78, 5) is 13.1. The summed E-state index contributed by atoms with van der Waals surface area (Å²) >= 11 is 0. The average Bonchev–Trinajstić information content (AvgIpc) is 3.56. The summed E-state index contributed by atoms with van der Waals surface area (Å²) in [6.07, 6.45) is 83.5. The maximum absolute atomic E-state index is 13.1. The van der Waals surface area contributed by atoms with E-state index in [-0.39, 0.29) is 12.5 Å². The number of ether oxygens (including phenoxy) is 2. The van der Waals surface area contributed by atoms with Gasteiger partial charge in [-0.25, -0.2) is 0 Å². The highest BCUT2D eigenvalue weighted by Gasteiger charge is 2.44. The molecule has 0 aliphatic carbocycles. The Kier molecular flexibility index (Phi) is 61.7. The Hall–Kier alpha value is -2.11. The lowest BCUT2D eigenvalue weighted by atomic mass is 9.99. The molecule has 85 heavy (non-hydrogen) atoms. The molecule has 1 saturated heterocycles. The van der Waals surface area contributed by atoms with Crippen LogP contribution in [0, 0.1) is 0 Å². The van der Waals surface area contributed by atoms with E-state index in [1.807, 2.05) is 6.08 Å². The predicted octanol–water partition coefficient (Wildman–Crippen LogP) is 20.5. The van der Waals surface area contributed by atoms with E-state index >= 15 is 0 Å². The Morgan fingerprint density at radius 2 is 0.706 bits per heavy atom. The Morgan fingerprint density at radius 1 is 0.400 bits per heavy atom. The molecule has 7 atom stereocenters. The quantitative estimate of drug-likeness (QED) is 0.0261. The van der Waals surface area contributed by atoms with Crippen LogP contribution >= 0.6 is 0 Å². The number of rotatable bonds is 65. The molecular weight excluding hydrogens is 1050 g/mol. The molecule has 1 rings (SSSR count). The van der Waals surface area contributed by atoms with Crippen LogP contribution in [0.25, 0.3) is 0 Å². The van der Waals surface area contributed by atoms with Crippen LogP contribution in [0.5, 0.6) is 0 Å². The van der Waals surface area contributed by atoms with Crippen molar-refractivity contribution in [3.8, 4) is 0 Å². The molecule has 0 saturated carbocycles. The van der Waals surface area contributed by atoms with Crippen molar-refractivity contribution in [2.75, 3.05) is 13.2 Å². The first-order valence-electron chi connectivity index (χ1n) is 37.0. The second kappa shape index (κ2) is 64.9. The van der Waals surface area contributed by atoms with E-state index in [0.29, 0.717) is 6.42 Å². The largest absolute Gasteiger partial charge is 0.394 e. The molecule has 498 valence electrons. The normalized spacial score (nSPS) is 18.4. The average molecular weight is 1200 g/mol. The van der Waals surface area contributed by atoms with Gasteiger partial charge in [0, 0.05) is 6.42 Å². The van der Waals surface area contributed by atoms with Gasteiger partial charge in [0.15, 0.2) is 6.29 Å². The lowest BCUT2D eigenvalue weighted by Gasteiger charge is -2.40. The van der Waals surface area contributed by atoms with Crippen molar-refractivity contribution < 1.29 is 39.8 Å². The van der Waals surface area contributed by atoms with Crippen molar-refractivity contribution in [3.05, 3.63) is 60.8 Å². The first-order valence-corrected chi connectivity index (χ1v) is 37.0. The van der Waals surface area contributed by atoms with Crippen molar-refractivity contribution in [2.45, 2.75) is 403 Å². The molecule has 0 bridgehead atoms. The van der Waals surface area contributed by atoms with Crippen molar-refractivity contribution >= 4 is 5.91 Å². The van der Waals surface area contributed by atoms with E-state index in [0.717, 1.165) is 51.4 Å². The van der Waals surface area contributed by atoms with E-state index < -0.39 is 49.5 Å². The van der Waals surface area contributed by atoms with Gasteiger partial charge in [0.25, 0.3) is 0 Å². The fourth-order valence-corrected chi connectivity index (χ4v) is 11.8. The molecule has 1 fully saturated rings. The first-order chi connectivity index (χ1) is 41.8. The molecule has 1 amide bonds. The van der Waals surface area contributed by atoms with Crippen LogP contribution in [0.4, 0.5) is 0 Å². The fourth-order valence-electron chi connectivity index (χ4n) is 11.8. The highest BCUT2D eigenvalue weighted by Crippen LogP contribution is 2.23. The monoisotopic (exact) mass is 1200 g/mol. The van der Waals surface area contributed by atoms with E-state index in [1.165, 1.54) is 289 Å². The number of carbonyl (C=O) groups is 1. The molecule has 9 nitrogen and oxygen atoms in total. The number of nitrogens with one attached hydrogen (secondary N) is 1. The molecule has 0 radical (unpaired) electrons. The zero-order valence-corrected chi connectivity index (χ0v) is 55.9. The minimum Gasteiger partial charge on any atom is -0.394 e. The number of hydrogen-bond acceptors (Lipinski definition) is 8. The molecule has 9 heteroatoms. The van der Waals surface area contributed by atoms with Gasteiger partial charge in [0.1, 0.15) is 24.4 Å². The van der Waals surface area contributed by atoms with E-state index in [4.69, 9.17) is 9.47 Å². The van der Waals surface area contributed by atoms with Crippen LogP contribution in [0.1, 0.15) is 361 Å². The van der Waals surface area contributed by atoms with Gasteiger partial charge in [-0.05, 0) is 70.6 Å². The number of unbranched alkanes of at least 4 members (excludes halogenated alkanes) is 47. The van der Waals surface area contributed by atoms with Gasteiger partial charge in [-0.15, -0.1) is 0 Å². The van der Waals surface area contributed by atoms with Gasteiger partial charge in [-0.1, -0.05) is 344 Å². The van der Waals surface area contributed by atoms with Gasteiger partial charge in [-0.3, -0.25) is 4.79 Å². The number of aliphatic hydroxyl groups is 5. The van der Waals surface area contributed by atoms with Crippen LogP contribution in [0.2, 0.25) is 0 Å². The minimum absolute atomic E-state index is 0.184. The standard InChI is InChI=1S/C76H141NO8/c1-3-5-7-9-11-13-15-17-19-21-23-25-27-29-31-33-34-35-36-38-39-41-43-45-47-49-51-53-55-57-59-61-63-65-70(79)69(68-84-76-75(83)74(82)73(81)71(67-78)85-76)77-72(80)66-64-62-60-58-56-54-52-50-48-46-44-42-40-37-32-30-28-26-24-22-20-18-16-14-12-10-8-6-4-2/h16,18,22,24,28,30,55,57,63,65,69-71,73-76,78-79,81-83H,3-15,17,19-21,23,25-27,29,31-54,56,58-62,64,66-68H2,1-2H3,(H,77,80)/b18-16-,24-22-,30-28-,57-55+,65-63+. The molecular formula is C76H141NO8. The smallest absolute Gasteiger partial charge is 0.220 e. The van der Waals surface area contributed by atoms with Crippen LogP contribution in [0.3, 0.4) is 0 Å². The highest BCUT2D eigenvalue weighted by atomic mass is 16.7. The number of aliphatic hydroxyl groups excluding tert-OH is 5. The van der Waals surface area contributed by atoms with Crippen molar-refractivity contribution in [3.63, 3.8) is 0 Å². The van der Waals surface area contributed by atoms with Crippen LogP contribution < -0.4 is 5.32 Å². The third-order valence-corrected chi connectivity index (χ3v) is 17.6. The molecule has 0 spiro atoms. The summed E-state index contributed by atoms with van der Waals surface area (Å²) in [6.45, 7) is 3.80. The zero-order chi connectivity index (χ0) is 61.4. The molecule has 1 aliphatic rings. The van der Waals surface area contributed by atoms with Crippen molar-refractivity contribution in [2.24, 2.45) is 0 Å². The molecule has 0 aromatic carbocycles. The van der Waals surface area contributed by atoms with E-state index in [1.54, 1.807) is 6.08 Å². The SMILES string of the molecule is CCCCCCC/C=C\C/C=C\C/C=C\CCCCCCCCCCCCCCCCC(=O)NC(COC1OC(CO)C(O)C(O)C1O)C(O)/C=C/CC/C=C/CCCCCCCCCCCCCCCCCCCCCCCCCCCCC.